The van der Waals surface area contributed by atoms with Gasteiger partial charge in [-0.05, 0) is 48.4 Å². The summed E-state index contributed by atoms with van der Waals surface area (Å²) in [7, 11) is 0. The summed E-state index contributed by atoms with van der Waals surface area (Å²) < 4.78 is 14.0. The molecule has 1 N–H and O–H groups in total. The first-order chi connectivity index (χ1) is 9.10. The first kappa shape index (κ1) is 13.6. The molecule has 2 aromatic rings. The number of nitrogens with zero attached hydrogens (tertiary/aromatic N) is 1. The molecule has 0 saturated heterocycles. The van der Waals surface area contributed by atoms with Crippen LogP contribution in [0.5, 0.6) is 0 Å². The molecule has 0 saturated carbocycles. The van der Waals surface area contributed by atoms with Crippen molar-refractivity contribution in [2.75, 3.05) is 5.32 Å². The number of anilines is 1. The fourth-order valence-corrected chi connectivity index (χ4v) is 2.14. The largest absolute Gasteiger partial charge is 0.381 e. The Kier molecular flexibility index (Phi) is 4.18. The third-order valence-corrected chi connectivity index (χ3v) is 3.62. The molecule has 0 spiro atoms. The summed E-state index contributed by atoms with van der Waals surface area (Å²) in [4.78, 5) is 0. The van der Waals surface area contributed by atoms with Gasteiger partial charge < -0.3 is 5.32 Å². The Morgan fingerprint density at radius 2 is 2.05 bits per heavy atom. The SMILES string of the molecule is Cc1ccc(C#N)cc1NCc1cc(F)ccc1Br. The van der Waals surface area contributed by atoms with Crippen LogP contribution in [0.3, 0.4) is 0 Å². The maximum absolute atomic E-state index is 13.2. The van der Waals surface area contributed by atoms with Crippen LogP contribution in [-0.4, -0.2) is 0 Å². The quantitative estimate of drug-likeness (QED) is 0.911. The fraction of sp³-hybridized carbons (Fsp3) is 0.133. The lowest BCUT2D eigenvalue weighted by molar-refractivity contribution is 0.625. The van der Waals surface area contributed by atoms with E-state index in [9.17, 15) is 4.39 Å². The van der Waals surface area contributed by atoms with Gasteiger partial charge in [0.15, 0.2) is 0 Å². The van der Waals surface area contributed by atoms with Crippen molar-refractivity contribution < 1.29 is 4.39 Å². The van der Waals surface area contributed by atoms with Gasteiger partial charge in [0.05, 0.1) is 11.6 Å². The molecule has 0 atom stereocenters. The zero-order chi connectivity index (χ0) is 13.8. The van der Waals surface area contributed by atoms with E-state index in [1.54, 1.807) is 18.2 Å². The lowest BCUT2D eigenvalue weighted by Crippen LogP contribution is -2.02. The van der Waals surface area contributed by atoms with E-state index in [-0.39, 0.29) is 5.82 Å². The fourth-order valence-electron chi connectivity index (χ4n) is 1.75. The van der Waals surface area contributed by atoms with E-state index >= 15 is 0 Å². The lowest BCUT2D eigenvalue weighted by Gasteiger charge is -2.11. The van der Waals surface area contributed by atoms with Crippen molar-refractivity contribution >= 4 is 21.6 Å². The van der Waals surface area contributed by atoms with Gasteiger partial charge in [-0.25, -0.2) is 4.39 Å². The van der Waals surface area contributed by atoms with Gasteiger partial charge in [0.25, 0.3) is 0 Å². The normalized spacial score (nSPS) is 10.0. The molecule has 0 radical (unpaired) electrons. The Hall–Kier alpha value is -1.86. The molecule has 0 aliphatic rings. The Labute approximate surface area is 120 Å². The summed E-state index contributed by atoms with van der Waals surface area (Å²) in [5.74, 6) is -0.262. The standard InChI is InChI=1S/C15H12BrFN2/c1-10-2-3-11(8-18)6-15(10)19-9-12-7-13(17)4-5-14(12)16/h2-7,19H,9H2,1H3. The first-order valence-corrected chi connectivity index (χ1v) is 6.58. The van der Waals surface area contributed by atoms with Gasteiger partial charge in [-0.3, -0.25) is 0 Å². The lowest BCUT2D eigenvalue weighted by atomic mass is 10.1. The van der Waals surface area contributed by atoms with Crippen LogP contribution >= 0.6 is 15.9 Å². The average Bonchev–Trinajstić information content (AvgIpc) is 2.41. The van der Waals surface area contributed by atoms with Crippen molar-refractivity contribution in [3.8, 4) is 6.07 Å². The van der Waals surface area contributed by atoms with Gasteiger partial charge in [-0.15, -0.1) is 0 Å². The number of hydrogen-bond donors (Lipinski definition) is 1. The van der Waals surface area contributed by atoms with E-state index in [2.05, 4.69) is 27.3 Å². The van der Waals surface area contributed by atoms with Gasteiger partial charge in [0.1, 0.15) is 5.82 Å². The van der Waals surface area contributed by atoms with E-state index < -0.39 is 0 Å². The molecule has 0 unspecified atom stereocenters. The van der Waals surface area contributed by atoms with Crippen LogP contribution in [-0.2, 0) is 6.54 Å². The molecule has 0 heterocycles. The maximum atomic E-state index is 13.2. The number of nitrogens with one attached hydrogen (secondary N) is 1. The first-order valence-electron chi connectivity index (χ1n) is 5.78. The number of hydrogen-bond acceptors (Lipinski definition) is 2. The molecule has 0 fully saturated rings. The molecule has 0 aliphatic heterocycles. The number of rotatable bonds is 3. The summed E-state index contributed by atoms with van der Waals surface area (Å²) >= 11 is 3.39. The van der Waals surface area contributed by atoms with E-state index in [0.717, 1.165) is 21.3 Å². The van der Waals surface area contributed by atoms with Crippen molar-refractivity contribution in [2.24, 2.45) is 0 Å². The highest BCUT2D eigenvalue weighted by Gasteiger charge is 2.04. The van der Waals surface area contributed by atoms with Gasteiger partial charge in [0, 0.05) is 16.7 Å². The molecule has 0 bridgehead atoms. The number of nitriles is 1. The van der Waals surface area contributed by atoms with Crippen LogP contribution in [0.2, 0.25) is 0 Å². The number of aryl methyl sites for hydroxylation is 1. The smallest absolute Gasteiger partial charge is 0.123 e. The monoisotopic (exact) mass is 318 g/mol. The molecule has 0 amide bonds. The average molecular weight is 319 g/mol. The van der Waals surface area contributed by atoms with Crippen molar-refractivity contribution in [1.29, 1.82) is 5.26 Å². The Morgan fingerprint density at radius 1 is 1.26 bits per heavy atom. The molecule has 19 heavy (non-hydrogen) atoms. The van der Waals surface area contributed by atoms with E-state index in [1.807, 2.05) is 13.0 Å². The van der Waals surface area contributed by atoms with Crippen molar-refractivity contribution in [3.63, 3.8) is 0 Å². The predicted molar refractivity (Wildman–Crippen MR) is 77.3 cm³/mol. The maximum Gasteiger partial charge on any atom is 0.123 e. The van der Waals surface area contributed by atoms with Crippen LogP contribution in [0.4, 0.5) is 10.1 Å². The summed E-state index contributed by atoms with van der Waals surface area (Å²) in [6, 6.07) is 12.1. The van der Waals surface area contributed by atoms with Crippen LogP contribution < -0.4 is 5.32 Å². The van der Waals surface area contributed by atoms with E-state index in [4.69, 9.17) is 5.26 Å². The number of halogens is 2. The summed E-state index contributed by atoms with van der Waals surface area (Å²) in [6.45, 7) is 2.46. The van der Waals surface area contributed by atoms with Gasteiger partial charge in [-0.2, -0.15) is 5.26 Å². The van der Waals surface area contributed by atoms with Gasteiger partial charge in [0.2, 0.25) is 0 Å². The van der Waals surface area contributed by atoms with Crippen LogP contribution in [0.15, 0.2) is 40.9 Å². The summed E-state index contributed by atoms with van der Waals surface area (Å²) in [5, 5.41) is 12.1. The second-order valence-electron chi connectivity index (χ2n) is 4.23. The Bertz CT molecular complexity index is 647. The molecule has 2 nitrogen and oxygen atoms in total. The molecule has 4 heteroatoms. The minimum atomic E-state index is -0.262. The molecule has 96 valence electrons. The molecular weight excluding hydrogens is 307 g/mol. The Balaban J connectivity index is 2.19. The highest BCUT2D eigenvalue weighted by atomic mass is 79.9. The van der Waals surface area contributed by atoms with Gasteiger partial charge >= 0.3 is 0 Å². The minimum absolute atomic E-state index is 0.262. The van der Waals surface area contributed by atoms with E-state index in [1.165, 1.54) is 12.1 Å². The van der Waals surface area contributed by atoms with Crippen molar-refractivity contribution in [2.45, 2.75) is 13.5 Å². The molecular formula is C15H12BrFN2. The molecule has 0 aromatic heterocycles. The summed E-state index contributed by atoms with van der Waals surface area (Å²) in [6.07, 6.45) is 0. The second-order valence-corrected chi connectivity index (χ2v) is 5.09. The zero-order valence-corrected chi connectivity index (χ0v) is 12.0. The topological polar surface area (TPSA) is 35.8 Å². The van der Waals surface area contributed by atoms with E-state index in [0.29, 0.717) is 12.1 Å². The third-order valence-electron chi connectivity index (χ3n) is 2.84. The highest BCUT2D eigenvalue weighted by molar-refractivity contribution is 9.10. The predicted octanol–water partition coefficient (Wildman–Crippen LogP) is 4.38. The zero-order valence-electron chi connectivity index (χ0n) is 10.4. The molecule has 2 rings (SSSR count). The number of benzene rings is 2. The van der Waals surface area contributed by atoms with Crippen LogP contribution in [0.1, 0.15) is 16.7 Å². The minimum Gasteiger partial charge on any atom is -0.381 e. The van der Waals surface area contributed by atoms with Crippen LogP contribution in [0, 0.1) is 24.1 Å². The van der Waals surface area contributed by atoms with Gasteiger partial charge in [-0.1, -0.05) is 22.0 Å². The third kappa shape index (κ3) is 3.33. The second kappa shape index (κ2) is 5.85. The highest BCUT2D eigenvalue weighted by Crippen LogP contribution is 2.21. The molecule has 0 aliphatic carbocycles. The molecule has 2 aromatic carbocycles. The summed E-state index contributed by atoms with van der Waals surface area (Å²) in [5.41, 5.74) is 3.37. The van der Waals surface area contributed by atoms with Crippen LogP contribution in [0.25, 0.3) is 0 Å². The Morgan fingerprint density at radius 3 is 2.79 bits per heavy atom. The van der Waals surface area contributed by atoms with Crippen molar-refractivity contribution in [3.05, 3.63) is 63.4 Å². The van der Waals surface area contributed by atoms with Crippen molar-refractivity contribution in [1.82, 2.24) is 0 Å².